The summed E-state index contributed by atoms with van der Waals surface area (Å²) in [4.78, 5) is 17.7. The summed E-state index contributed by atoms with van der Waals surface area (Å²) in [5.74, 6) is 0.0225. The van der Waals surface area contributed by atoms with Gasteiger partial charge in [0, 0.05) is 34.5 Å². The highest BCUT2D eigenvalue weighted by Crippen LogP contribution is 2.27. The Balaban J connectivity index is 1.67. The summed E-state index contributed by atoms with van der Waals surface area (Å²) in [6.45, 7) is 1.24. The lowest BCUT2D eigenvalue weighted by Crippen LogP contribution is -2.26. The third-order valence-electron chi connectivity index (χ3n) is 3.98. The van der Waals surface area contributed by atoms with E-state index in [-0.39, 0.29) is 5.91 Å². The second-order valence-corrected chi connectivity index (χ2v) is 6.14. The number of H-pyrrole nitrogens is 1. The van der Waals surface area contributed by atoms with Crippen molar-refractivity contribution in [2.24, 2.45) is 7.05 Å². The number of halogens is 1. The van der Waals surface area contributed by atoms with Gasteiger partial charge in [0.2, 0.25) is 0 Å². The van der Waals surface area contributed by atoms with Crippen molar-refractivity contribution in [3.05, 3.63) is 51.9 Å². The maximum absolute atomic E-state index is 12.7. The second-order valence-electron chi connectivity index (χ2n) is 5.29. The number of carbonyl (C=O) groups is 1. The van der Waals surface area contributed by atoms with Gasteiger partial charge in [0.05, 0.1) is 18.4 Å². The van der Waals surface area contributed by atoms with Gasteiger partial charge >= 0.3 is 0 Å². The van der Waals surface area contributed by atoms with Crippen LogP contribution in [-0.2, 0) is 20.1 Å². The van der Waals surface area contributed by atoms with E-state index in [2.05, 4.69) is 26.0 Å². The summed E-state index contributed by atoms with van der Waals surface area (Å²) in [7, 11) is 1.91. The summed E-state index contributed by atoms with van der Waals surface area (Å²) >= 11 is 3.51. The normalized spacial score (nSPS) is 13.9. The molecule has 1 N–H and O–H groups in total. The minimum absolute atomic E-state index is 0.0225. The number of nitrogens with zero attached hydrogens (tertiary/aromatic N) is 3. The fraction of sp³-hybridized carbons (Fsp3) is 0.200. The first-order chi connectivity index (χ1) is 10.1. The Bertz CT molecular complexity index is 864. The molecule has 0 radical (unpaired) electrons. The van der Waals surface area contributed by atoms with E-state index in [1.54, 1.807) is 0 Å². The molecule has 0 atom stereocenters. The zero-order chi connectivity index (χ0) is 14.6. The molecule has 0 saturated carbocycles. The first kappa shape index (κ1) is 12.6. The summed E-state index contributed by atoms with van der Waals surface area (Å²) in [6.07, 6.45) is 1.84. The molecule has 3 aromatic rings. The van der Waals surface area contributed by atoms with Crippen LogP contribution in [0.3, 0.4) is 0 Å². The smallest absolute Gasteiger partial charge is 0.270 e. The molecule has 6 heteroatoms. The zero-order valence-corrected chi connectivity index (χ0v) is 13.0. The van der Waals surface area contributed by atoms with Crippen molar-refractivity contribution in [2.75, 3.05) is 0 Å². The lowest BCUT2D eigenvalue weighted by molar-refractivity contribution is 0.0743. The number of rotatable bonds is 1. The second kappa shape index (κ2) is 4.46. The van der Waals surface area contributed by atoms with Crippen molar-refractivity contribution in [2.45, 2.75) is 13.1 Å². The molecule has 1 aliphatic heterocycles. The molecule has 3 heterocycles. The fourth-order valence-corrected chi connectivity index (χ4v) is 3.31. The van der Waals surface area contributed by atoms with Gasteiger partial charge in [0.25, 0.3) is 5.91 Å². The summed E-state index contributed by atoms with van der Waals surface area (Å²) in [5.41, 5.74) is 3.83. The standard InChI is InChI=1S/C15H13BrN4O/c1-19-14-8-20(7-9(14)6-17-19)15(21)13-5-10-11(16)3-2-4-12(10)18-13/h2-6,18H,7-8H2,1H3. The predicted octanol–water partition coefficient (Wildman–Crippen LogP) is 2.82. The molecule has 5 nitrogen and oxygen atoms in total. The summed E-state index contributed by atoms with van der Waals surface area (Å²) in [6, 6.07) is 7.80. The van der Waals surface area contributed by atoms with Crippen LogP contribution in [0.2, 0.25) is 0 Å². The van der Waals surface area contributed by atoms with E-state index in [1.807, 2.05) is 47.1 Å². The Kier molecular flexibility index (Phi) is 2.68. The van der Waals surface area contributed by atoms with Crippen LogP contribution in [0.4, 0.5) is 0 Å². The zero-order valence-electron chi connectivity index (χ0n) is 11.4. The minimum Gasteiger partial charge on any atom is -0.350 e. The number of benzene rings is 1. The van der Waals surface area contributed by atoms with E-state index in [1.165, 1.54) is 0 Å². The van der Waals surface area contributed by atoms with Crippen molar-refractivity contribution in [3.8, 4) is 0 Å². The minimum atomic E-state index is 0.0225. The van der Waals surface area contributed by atoms with E-state index < -0.39 is 0 Å². The monoisotopic (exact) mass is 344 g/mol. The summed E-state index contributed by atoms with van der Waals surface area (Å²) < 4.78 is 2.83. The molecule has 1 aliphatic rings. The third-order valence-corrected chi connectivity index (χ3v) is 4.67. The van der Waals surface area contributed by atoms with Crippen LogP contribution in [0.15, 0.2) is 34.9 Å². The van der Waals surface area contributed by atoms with Crippen molar-refractivity contribution in [3.63, 3.8) is 0 Å². The van der Waals surface area contributed by atoms with E-state index >= 15 is 0 Å². The van der Waals surface area contributed by atoms with Gasteiger partial charge in [-0.3, -0.25) is 9.48 Å². The Morgan fingerprint density at radius 3 is 3.00 bits per heavy atom. The number of hydrogen-bond donors (Lipinski definition) is 1. The molecule has 1 amide bonds. The molecule has 21 heavy (non-hydrogen) atoms. The SMILES string of the molecule is Cn1ncc2c1CN(C(=O)c1cc3c(Br)cccc3[nH]1)C2. The number of nitrogens with one attached hydrogen (secondary N) is 1. The van der Waals surface area contributed by atoms with Gasteiger partial charge in [-0.15, -0.1) is 0 Å². The number of aromatic nitrogens is 3. The Labute approximate surface area is 129 Å². The van der Waals surface area contributed by atoms with Gasteiger partial charge < -0.3 is 9.88 Å². The van der Waals surface area contributed by atoms with E-state index in [4.69, 9.17) is 0 Å². The van der Waals surface area contributed by atoms with Crippen LogP contribution in [0, 0.1) is 0 Å². The maximum atomic E-state index is 12.7. The molecule has 0 spiro atoms. The predicted molar refractivity (Wildman–Crippen MR) is 82.8 cm³/mol. The fourth-order valence-electron chi connectivity index (χ4n) is 2.83. The van der Waals surface area contributed by atoms with E-state index in [0.29, 0.717) is 18.8 Å². The molecule has 2 aromatic heterocycles. The van der Waals surface area contributed by atoms with Gasteiger partial charge in [-0.05, 0) is 18.2 Å². The highest BCUT2D eigenvalue weighted by molar-refractivity contribution is 9.10. The Hall–Kier alpha value is -2.08. The quantitative estimate of drug-likeness (QED) is 0.737. The third kappa shape index (κ3) is 1.90. The number of fused-ring (bicyclic) bond motifs is 2. The molecule has 4 rings (SSSR count). The number of carbonyl (C=O) groups excluding carboxylic acids is 1. The van der Waals surface area contributed by atoms with Gasteiger partial charge in [-0.25, -0.2) is 0 Å². The highest BCUT2D eigenvalue weighted by Gasteiger charge is 2.27. The number of amides is 1. The lowest BCUT2D eigenvalue weighted by atomic mass is 10.2. The van der Waals surface area contributed by atoms with Crippen LogP contribution < -0.4 is 0 Å². The molecule has 0 unspecified atom stereocenters. The van der Waals surface area contributed by atoms with Crippen LogP contribution in [0.25, 0.3) is 10.9 Å². The van der Waals surface area contributed by atoms with Crippen molar-refractivity contribution >= 4 is 32.7 Å². The largest absolute Gasteiger partial charge is 0.350 e. The van der Waals surface area contributed by atoms with Crippen LogP contribution >= 0.6 is 15.9 Å². The topological polar surface area (TPSA) is 53.9 Å². The van der Waals surface area contributed by atoms with Gasteiger partial charge in [0.1, 0.15) is 5.69 Å². The van der Waals surface area contributed by atoms with Crippen molar-refractivity contribution in [1.82, 2.24) is 19.7 Å². The molecule has 0 bridgehead atoms. The molecule has 0 fully saturated rings. The van der Waals surface area contributed by atoms with E-state index in [0.717, 1.165) is 26.6 Å². The van der Waals surface area contributed by atoms with Crippen LogP contribution in [0.5, 0.6) is 0 Å². The molecular weight excluding hydrogens is 332 g/mol. The van der Waals surface area contributed by atoms with E-state index in [9.17, 15) is 4.79 Å². The lowest BCUT2D eigenvalue weighted by Gasteiger charge is -2.14. The number of aromatic amines is 1. The highest BCUT2D eigenvalue weighted by atomic mass is 79.9. The van der Waals surface area contributed by atoms with Gasteiger partial charge in [0.15, 0.2) is 0 Å². The molecule has 0 saturated heterocycles. The molecule has 1 aromatic carbocycles. The summed E-state index contributed by atoms with van der Waals surface area (Å²) in [5, 5.41) is 5.24. The Morgan fingerprint density at radius 1 is 1.38 bits per heavy atom. The van der Waals surface area contributed by atoms with Gasteiger partial charge in [-0.1, -0.05) is 22.0 Å². The first-order valence-corrected chi connectivity index (χ1v) is 7.49. The average Bonchev–Trinajstić information content (AvgIpc) is 3.14. The molecule has 106 valence electrons. The number of hydrogen-bond acceptors (Lipinski definition) is 2. The first-order valence-electron chi connectivity index (χ1n) is 6.70. The van der Waals surface area contributed by atoms with Gasteiger partial charge in [-0.2, -0.15) is 5.10 Å². The Morgan fingerprint density at radius 2 is 2.24 bits per heavy atom. The average molecular weight is 345 g/mol. The molecular formula is C15H13BrN4O. The van der Waals surface area contributed by atoms with Crippen LogP contribution in [0.1, 0.15) is 21.7 Å². The van der Waals surface area contributed by atoms with Crippen molar-refractivity contribution < 1.29 is 4.79 Å². The number of aryl methyl sites for hydroxylation is 1. The van der Waals surface area contributed by atoms with Crippen molar-refractivity contribution in [1.29, 1.82) is 0 Å². The maximum Gasteiger partial charge on any atom is 0.270 e. The molecule has 0 aliphatic carbocycles. The van der Waals surface area contributed by atoms with Crippen LogP contribution in [-0.4, -0.2) is 25.6 Å².